The Morgan fingerprint density at radius 1 is 1.53 bits per heavy atom. The van der Waals surface area contributed by atoms with Crippen molar-refractivity contribution in [3.05, 3.63) is 38.5 Å². The first-order valence-electron chi connectivity index (χ1n) is 4.94. The number of nitrogens with one attached hydrogen (secondary N) is 1. The van der Waals surface area contributed by atoms with Crippen LogP contribution in [0.25, 0.3) is 0 Å². The minimum atomic E-state index is 0.424. The van der Waals surface area contributed by atoms with Gasteiger partial charge in [0, 0.05) is 28.5 Å². The molecule has 2 aromatic heterocycles. The van der Waals surface area contributed by atoms with Gasteiger partial charge in [-0.15, -0.1) is 22.7 Å². The molecule has 0 bridgehead atoms. The molecule has 2 rings (SSSR count). The predicted octanol–water partition coefficient (Wildman–Crippen LogP) is 3.36. The summed E-state index contributed by atoms with van der Waals surface area (Å²) in [4.78, 5) is 6.93. The monoisotopic (exact) mass is 238 g/mol. The lowest BCUT2D eigenvalue weighted by Gasteiger charge is -2.10. The summed E-state index contributed by atoms with van der Waals surface area (Å²) in [6, 6.07) is 4.68. The Kier molecular flexibility index (Phi) is 3.51. The molecule has 0 amide bonds. The fourth-order valence-corrected chi connectivity index (χ4v) is 2.88. The Morgan fingerprint density at radius 2 is 2.40 bits per heavy atom. The first kappa shape index (κ1) is 10.8. The van der Waals surface area contributed by atoms with E-state index in [1.807, 2.05) is 13.1 Å². The van der Waals surface area contributed by atoms with Crippen molar-refractivity contribution in [3.63, 3.8) is 0 Å². The van der Waals surface area contributed by atoms with Crippen LogP contribution in [0.2, 0.25) is 0 Å². The third kappa shape index (κ3) is 2.87. The van der Waals surface area contributed by atoms with Gasteiger partial charge in [-0.2, -0.15) is 0 Å². The highest BCUT2D eigenvalue weighted by molar-refractivity contribution is 7.11. The molecule has 0 aliphatic rings. The van der Waals surface area contributed by atoms with Crippen LogP contribution in [0.3, 0.4) is 0 Å². The molecule has 0 aliphatic heterocycles. The fourth-order valence-electron chi connectivity index (χ4n) is 1.38. The summed E-state index contributed by atoms with van der Waals surface area (Å²) in [5.41, 5.74) is 0. The Balaban J connectivity index is 1.88. The summed E-state index contributed by atoms with van der Waals surface area (Å²) >= 11 is 3.55. The number of nitrogens with zero attached hydrogens (tertiary/aromatic N) is 1. The van der Waals surface area contributed by atoms with E-state index in [-0.39, 0.29) is 0 Å². The number of aromatic nitrogens is 1. The van der Waals surface area contributed by atoms with Gasteiger partial charge in [-0.05, 0) is 25.3 Å². The SMILES string of the molecule is Cc1ncc(CN[C@@H](C)c2cccs2)s1. The van der Waals surface area contributed by atoms with Crippen LogP contribution in [0.15, 0.2) is 23.7 Å². The highest BCUT2D eigenvalue weighted by Gasteiger charge is 2.06. The molecule has 2 heterocycles. The van der Waals surface area contributed by atoms with Gasteiger partial charge < -0.3 is 5.32 Å². The van der Waals surface area contributed by atoms with Crippen LogP contribution in [-0.2, 0) is 6.54 Å². The van der Waals surface area contributed by atoms with Crippen molar-refractivity contribution >= 4 is 22.7 Å². The van der Waals surface area contributed by atoms with Crippen LogP contribution in [0.5, 0.6) is 0 Å². The van der Waals surface area contributed by atoms with Crippen molar-refractivity contribution in [3.8, 4) is 0 Å². The molecule has 0 saturated carbocycles. The Bertz CT molecular complexity index is 406. The van der Waals surface area contributed by atoms with Gasteiger partial charge in [-0.25, -0.2) is 4.98 Å². The predicted molar refractivity (Wildman–Crippen MR) is 66.4 cm³/mol. The average molecular weight is 238 g/mol. The number of hydrogen-bond donors (Lipinski definition) is 1. The van der Waals surface area contributed by atoms with Gasteiger partial charge in [0.05, 0.1) is 5.01 Å². The molecule has 15 heavy (non-hydrogen) atoms. The minimum absolute atomic E-state index is 0.424. The third-order valence-electron chi connectivity index (χ3n) is 2.22. The summed E-state index contributed by atoms with van der Waals surface area (Å²) in [5.74, 6) is 0. The highest BCUT2D eigenvalue weighted by Crippen LogP contribution is 2.19. The maximum atomic E-state index is 4.24. The molecule has 2 nitrogen and oxygen atoms in total. The molecule has 80 valence electrons. The summed E-state index contributed by atoms with van der Waals surface area (Å²) in [7, 11) is 0. The van der Waals surface area contributed by atoms with Gasteiger partial charge in [0.2, 0.25) is 0 Å². The second kappa shape index (κ2) is 4.88. The molecule has 0 fully saturated rings. The van der Waals surface area contributed by atoms with Crippen LogP contribution >= 0.6 is 22.7 Å². The molecule has 0 spiro atoms. The lowest BCUT2D eigenvalue weighted by atomic mass is 10.3. The largest absolute Gasteiger partial charge is 0.304 e. The number of hydrogen-bond acceptors (Lipinski definition) is 4. The first-order valence-corrected chi connectivity index (χ1v) is 6.63. The average Bonchev–Trinajstić information content (AvgIpc) is 2.84. The number of thiophene rings is 1. The highest BCUT2D eigenvalue weighted by atomic mass is 32.1. The fraction of sp³-hybridized carbons (Fsp3) is 0.364. The zero-order valence-corrected chi connectivity index (χ0v) is 10.5. The van der Waals surface area contributed by atoms with Crippen LogP contribution < -0.4 is 5.32 Å². The van der Waals surface area contributed by atoms with E-state index < -0.39 is 0 Å². The van der Waals surface area contributed by atoms with E-state index in [9.17, 15) is 0 Å². The van der Waals surface area contributed by atoms with Crippen molar-refractivity contribution in [1.82, 2.24) is 10.3 Å². The number of aryl methyl sites for hydroxylation is 1. The van der Waals surface area contributed by atoms with Gasteiger partial charge in [-0.3, -0.25) is 0 Å². The lowest BCUT2D eigenvalue weighted by Crippen LogP contribution is -2.16. The van der Waals surface area contributed by atoms with E-state index in [1.165, 1.54) is 9.75 Å². The molecule has 0 aliphatic carbocycles. The van der Waals surface area contributed by atoms with Crippen LogP contribution in [0, 0.1) is 6.92 Å². The van der Waals surface area contributed by atoms with Crippen molar-refractivity contribution in [1.29, 1.82) is 0 Å². The van der Waals surface area contributed by atoms with Gasteiger partial charge in [-0.1, -0.05) is 6.07 Å². The van der Waals surface area contributed by atoms with Crippen molar-refractivity contribution < 1.29 is 0 Å². The van der Waals surface area contributed by atoms with Gasteiger partial charge in [0.25, 0.3) is 0 Å². The van der Waals surface area contributed by atoms with Crippen LogP contribution in [-0.4, -0.2) is 4.98 Å². The van der Waals surface area contributed by atoms with Gasteiger partial charge in [0.15, 0.2) is 0 Å². The molecule has 0 aromatic carbocycles. The minimum Gasteiger partial charge on any atom is -0.304 e. The Labute approximate surface area is 98.0 Å². The molecule has 1 N–H and O–H groups in total. The topological polar surface area (TPSA) is 24.9 Å². The first-order chi connectivity index (χ1) is 7.25. The van der Waals surface area contributed by atoms with Crippen molar-refractivity contribution in [2.75, 3.05) is 0 Å². The van der Waals surface area contributed by atoms with E-state index in [1.54, 1.807) is 22.7 Å². The quantitative estimate of drug-likeness (QED) is 0.883. The number of rotatable bonds is 4. The second-order valence-electron chi connectivity index (χ2n) is 3.46. The van der Waals surface area contributed by atoms with Gasteiger partial charge in [0.1, 0.15) is 0 Å². The summed E-state index contributed by atoms with van der Waals surface area (Å²) in [5, 5.41) is 6.75. The standard InChI is InChI=1S/C11H14N2S2/c1-8(11-4-3-5-14-11)12-6-10-7-13-9(2)15-10/h3-5,7-8,12H,6H2,1-2H3/t8-/m0/s1. The van der Waals surface area contributed by atoms with E-state index in [0.717, 1.165) is 11.6 Å². The molecule has 0 radical (unpaired) electrons. The third-order valence-corrected chi connectivity index (χ3v) is 4.19. The zero-order chi connectivity index (χ0) is 10.7. The maximum absolute atomic E-state index is 4.24. The Hall–Kier alpha value is -0.710. The molecule has 0 saturated heterocycles. The Morgan fingerprint density at radius 3 is 3.00 bits per heavy atom. The van der Waals surface area contributed by atoms with Crippen LogP contribution in [0.4, 0.5) is 0 Å². The number of thiazole rings is 1. The summed E-state index contributed by atoms with van der Waals surface area (Å²) in [6.45, 7) is 5.14. The summed E-state index contributed by atoms with van der Waals surface area (Å²) < 4.78 is 0. The smallest absolute Gasteiger partial charge is 0.0897 e. The molecule has 1 atom stereocenters. The van der Waals surface area contributed by atoms with E-state index in [0.29, 0.717) is 6.04 Å². The van der Waals surface area contributed by atoms with E-state index >= 15 is 0 Å². The van der Waals surface area contributed by atoms with E-state index in [2.05, 4.69) is 34.7 Å². The van der Waals surface area contributed by atoms with Crippen LogP contribution in [0.1, 0.15) is 27.7 Å². The zero-order valence-electron chi connectivity index (χ0n) is 8.86. The molecular formula is C11H14N2S2. The summed E-state index contributed by atoms with van der Waals surface area (Å²) in [6.07, 6.45) is 1.95. The molecular weight excluding hydrogens is 224 g/mol. The maximum Gasteiger partial charge on any atom is 0.0897 e. The lowest BCUT2D eigenvalue weighted by molar-refractivity contribution is 0.587. The van der Waals surface area contributed by atoms with Crippen molar-refractivity contribution in [2.45, 2.75) is 26.4 Å². The van der Waals surface area contributed by atoms with Gasteiger partial charge >= 0.3 is 0 Å². The molecule has 0 unspecified atom stereocenters. The second-order valence-corrected chi connectivity index (χ2v) is 5.76. The normalized spacial score (nSPS) is 12.9. The van der Waals surface area contributed by atoms with Crippen molar-refractivity contribution in [2.24, 2.45) is 0 Å². The van der Waals surface area contributed by atoms with E-state index in [4.69, 9.17) is 0 Å². The molecule has 2 aromatic rings. The molecule has 4 heteroatoms.